The summed E-state index contributed by atoms with van der Waals surface area (Å²) in [7, 11) is 0. The van der Waals surface area contributed by atoms with E-state index < -0.39 is 6.04 Å². The largest absolute Gasteiger partial charge is 0.324 e. The van der Waals surface area contributed by atoms with Gasteiger partial charge >= 0.3 is 0 Å². The average molecular weight is 330 g/mol. The summed E-state index contributed by atoms with van der Waals surface area (Å²) < 4.78 is 0. The molecule has 1 unspecified atom stereocenters. The maximum atomic E-state index is 12.5. The van der Waals surface area contributed by atoms with E-state index in [9.17, 15) is 4.79 Å². The summed E-state index contributed by atoms with van der Waals surface area (Å²) in [6.45, 7) is 0. The number of benzene rings is 3. The first kappa shape index (κ1) is 16.9. The predicted molar refractivity (Wildman–Crippen MR) is 102 cm³/mol. The molecule has 1 amide bonds. The van der Waals surface area contributed by atoms with Crippen molar-refractivity contribution in [3.63, 3.8) is 0 Å². The number of carbonyl (C=O) groups is 1. The zero-order valence-corrected chi connectivity index (χ0v) is 14.1. The van der Waals surface area contributed by atoms with E-state index in [1.165, 1.54) is 5.56 Å². The molecule has 0 spiro atoms. The van der Waals surface area contributed by atoms with Crippen molar-refractivity contribution >= 4 is 11.6 Å². The lowest BCUT2D eigenvalue weighted by molar-refractivity contribution is -0.117. The van der Waals surface area contributed by atoms with Crippen molar-refractivity contribution in [3.05, 3.63) is 102 Å². The lowest BCUT2D eigenvalue weighted by atomic mass is 10.0. The van der Waals surface area contributed by atoms with Crippen LogP contribution in [0.2, 0.25) is 0 Å². The van der Waals surface area contributed by atoms with Crippen molar-refractivity contribution < 1.29 is 4.79 Å². The monoisotopic (exact) mass is 330 g/mol. The van der Waals surface area contributed by atoms with Crippen molar-refractivity contribution in [2.24, 2.45) is 5.73 Å². The summed E-state index contributed by atoms with van der Waals surface area (Å²) >= 11 is 0. The van der Waals surface area contributed by atoms with Gasteiger partial charge in [0, 0.05) is 5.69 Å². The average Bonchev–Trinajstić information content (AvgIpc) is 2.65. The number of hydrogen-bond acceptors (Lipinski definition) is 2. The predicted octanol–water partition coefficient (Wildman–Crippen LogP) is 3.79. The highest BCUT2D eigenvalue weighted by Gasteiger charge is 2.15. The highest BCUT2D eigenvalue weighted by atomic mass is 16.2. The van der Waals surface area contributed by atoms with E-state index in [1.807, 2.05) is 72.8 Å². The Morgan fingerprint density at radius 1 is 0.800 bits per heavy atom. The maximum absolute atomic E-state index is 12.5. The molecule has 3 aromatic carbocycles. The fourth-order valence-electron chi connectivity index (χ4n) is 2.80. The molecule has 0 saturated carbocycles. The van der Waals surface area contributed by atoms with Crippen LogP contribution in [0.5, 0.6) is 0 Å². The molecule has 0 fully saturated rings. The standard InChI is InChI=1S/C22H22N2O/c23-20(16-18-11-5-2-6-12-18)22(25)24-21-14-8-7-13-19(21)15-17-9-3-1-4-10-17/h1-14,20H,15-16,23H2,(H,24,25). The minimum absolute atomic E-state index is 0.163. The highest BCUT2D eigenvalue weighted by Crippen LogP contribution is 2.19. The van der Waals surface area contributed by atoms with Gasteiger partial charge in [-0.25, -0.2) is 0 Å². The second-order valence-corrected chi connectivity index (χ2v) is 6.10. The first-order chi connectivity index (χ1) is 12.2. The Kier molecular flexibility index (Phi) is 5.60. The molecule has 0 radical (unpaired) electrons. The summed E-state index contributed by atoms with van der Waals surface area (Å²) in [5, 5.41) is 2.99. The first-order valence-corrected chi connectivity index (χ1v) is 8.44. The molecule has 3 heteroatoms. The Balaban J connectivity index is 1.69. The van der Waals surface area contributed by atoms with Crippen LogP contribution in [0.3, 0.4) is 0 Å². The van der Waals surface area contributed by atoms with Crippen LogP contribution in [0.4, 0.5) is 5.69 Å². The molecule has 0 bridgehead atoms. The van der Waals surface area contributed by atoms with Crippen molar-refractivity contribution in [3.8, 4) is 0 Å². The second kappa shape index (κ2) is 8.27. The van der Waals surface area contributed by atoms with Crippen LogP contribution in [0.1, 0.15) is 16.7 Å². The number of anilines is 1. The minimum atomic E-state index is -0.577. The van der Waals surface area contributed by atoms with Gasteiger partial charge < -0.3 is 11.1 Å². The van der Waals surface area contributed by atoms with Crippen LogP contribution in [0, 0.1) is 0 Å². The topological polar surface area (TPSA) is 55.1 Å². The third-order valence-corrected chi connectivity index (χ3v) is 4.15. The van der Waals surface area contributed by atoms with Gasteiger partial charge in [0.1, 0.15) is 0 Å². The molecule has 0 aromatic heterocycles. The first-order valence-electron chi connectivity index (χ1n) is 8.44. The Labute approximate surface area is 148 Å². The summed E-state index contributed by atoms with van der Waals surface area (Å²) in [5.74, 6) is -0.163. The molecule has 126 valence electrons. The fourth-order valence-corrected chi connectivity index (χ4v) is 2.80. The molecule has 0 saturated heterocycles. The van der Waals surface area contributed by atoms with Gasteiger partial charge in [-0.1, -0.05) is 78.9 Å². The molecule has 0 heterocycles. The molecule has 25 heavy (non-hydrogen) atoms. The summed E-state index contributed by atoms with van der Waals surface area (Å²) in [4.78, 5) is 12.5. The molecule has 0 aliphatic carbocycles. The second-order valence-electron chi connectivity index (χ2n) is 6.10. The van der Waals surface area contributed by atoms with Crippen LogP contribution < -0.4 is 11.1 Å². The number of nitrogens with one attached hydrogen (secondary N) is 1. The Hall–Kier alpha value is -2.91. The summed E-state index contributed by atoms with van der Waals surface area (Å²) in [5.41, 5.74) is 10.2. The van der Waals surface area contributed by atoms with Gasteiger partial charge in [0.15, 0.2) is 0 Å². The molecule has 0 aliphatic rings. The van der Waals surface area contributed by atoms with Crippen LogP contribution in [0.25, 0.3) is 0 Å². The normalized spacial score (nSPS) is 11.7. The van der Waals surface area contributed by atoms with E-state index in [4.69, 9.17) is 5.73 Å². The molecule has 3 N–H and O–H groups in total. The zero-order valence-electron chi connectivity index (χ0n) is 14.1. The Bertz CT molecular complexity index is 816. The SMILES string of the molecule is NC(Cc1ccccc1)C(=O)Nc1ccccc1Cc1ccccc1. The quantitative estimate of drug-likeness (QED) is 0.722. The number of para-hydroxylation sites is 1. The third kappa shape index (κ3) is 4.78. The summed E-state index contributed by atoms with van der Waals surface area (Å²) in [6.07, 6.45) is 1.29. The van der Waals surface area contributed by atoms with E-state index in [0.717, 1.165) is 23.2 Å². The van der Waals surface area contributed by atoms with Crippen molar-refractivity contribution in [1.29, 1.82) is 0 Å². The lowest BCUT2D eigenvalue weighted by Crippen LogP contribution is -2.37. The van der Waals surface area contributed by atoms with Gasteiger partial charge in [-0.05, 0) is 35.6 Å². The van der Waals surface area contributed by atoms with Crippen molar-refractivity contribution in [2.45, 2.75) is 18.9 Å². The van der Waals surface area contributed by atoms with E-state index >= 15 is 0 Å². The smallest absolute Gasteiger partial charge is 0.241 e. The third-order valence-electron chi connectivity index (χ3n) is 4.15. The van der Waals surface area contributed by atoms with Gasteiger partial charge in [-0.15, -0.1) is 0 Å². The van der Waals surface area contributed by atoms with Gasteiger partial charge in [0.25, 0.3) is 0 Å². The highest BCUT2D eigenvalue weighted by molar-refractivity contribution is 5.95. The van der Waals surface area contributed by atoms with Gasteiger partial charge in [-0.3, -0.25) is 4.79 Å². The molecule has 0 aliphatic heterocycles. The van der Waals surface area contributed by atoms with Gasteiger partial charge in [0.2, 0.25) is 5.91 Å². The molecule has 1 atom stereocenters. The number of hydrogen-bond donors (Lipinski definition) is 2. The zero-order chi connectivity index (χ0) is 17.5. The van der Waals surface area contributed by atoms with E-state index in [0.29, 0.717) is 6.42 Å². The van der Waals surface area contributed by atoms with Crippen molar-refractivity contribution in [2.75, 3.05) is 5.32 Å². The molecular weight excluding hydrogens is 308 g/mol. The number of rotatable bonds is 6. The maximum Gasteiger partial charge on any atom is 0.241 e. The van der Waals surface area contributed by atoms with Crippen LogP contribution in [-0.2, 0) is 17.6 Å². The number of nitrogens with two attached hydrogens (primary N) is 1. The summed E-state index contributed by atoms with van der Waals surface area (Å²) in [6, 6.07) is 27.3. The molecule has 3 nitrogen and oxygen atoms in total. The van der Waals surface area contributed by atoms with Crippen LogP contribution >= 0.6 is 0 Å². The fraction of sp³-hybridized carbons (Fsp3) is 0.136. The minimum Gasteiger partial charge on any atom is -0.324 e. The van der Waals surface area contributed by atoms with Gasteiger partial charge in [0.05, 0.1) is 6.04 Å². The molecular formula is C22H22N2O. The number of carbonyl (C=O) groups excluding carboxylic acids is 1. The van der Waals surface area contributed by atoms with Crippen LogP contribution in [-0.4, -0.2) is 11.9 Å². The van der Waals surface area contributed by atoms with E-state index in [2.05, 4.69) is 17.4 Å². The van der Waals surface area contributed by atoms with Gasteiger partial charge in [-0.2, -0.15) is 0 Å². The van der Waals surface area contributed by atoms with Crippen LogP contribution in [0.15, 0.2) is 84.9 Å². The lowest BCUT2D eigenvalue weighted by Gasteiger charge is -2.15. The Morgan fingerprint density at radius 2 is 1.36 bits per heavy atom. The van der Waals surface area contributed by atoms with E-state index in [-0.39, 0.29) is 5.91 Å². The molecule has 3 rings (SSSR count). The van der Waals surface area contributed by atoms with Crippen molar-refractivity contribution in [1.82, 2.24) is 0 Å². The van der Waals surface area contributed by atoms with E-state index in [1.54, 1.807) is 0 Å². The Morgan fingerprint density at radius 3 is 2.04 bits per heavy atom. The number of amides is 1. The molecule has 3 aromatic rings.